The third kappa shape index (κ3) is 4.48. The lowest BCUT2D eigenvalue weighted by atomic mass is 9.84. The van der Waals surface area contributed by atoms with E-state index in [9.17, 15) is 14.3 Å². The molecule has 4 rings (SSSR count). The quantitative estimate of drug-likeness (QED) is 0.525. The maximum Gasteiger partial charge on any atom is 0.411 e. The van der Waals surface area contributed by atoms with E-state index in [-0.39, 0.29) is 18.5 Å². The normalized spacial score (nSPS) is 19.8. The van der Waals surface area contributed by atoms with Gasteiger partial charge in [-0.2, -0.15) is 0 Å². The summed E-state index contributed by atoms with van der Waals surface area (Å²) in [5.41, 5.74) is 1.97. The number of rotatable bonds is 7. The lowest BCUT2D eigenvalue weighted by Crippen LogP contribution is -2.48. The highest BCUT2D eigenvalue weighted by molar-refractivity contribution is 7.13. The van der Waals surface area contributed by atoms with Crippen LogP contribution in [0.25, 0.3) is 10.6 Å². The van der Waals surface area contributed by atoms with Gasteiger partial charge in [-0.25, -0.2) is 14.2 Å². The molecule has 0 saturated carbocycles. The number of carbonyl (C=O) groups excluding carboxylic acids is 1. The van der Waals surface area contributed by atoms with Gasteiger partial charge in [0.25, 0.3) is 0 Å². The predicted molar refractivity (Wildman–Crippen MR) is 118 cm³/mol. The molecule has 7 heteroatoms. The van der Waals surface area contributed by atoms with Crippen molar-refractivity contribution in [3.05, 3.63) is 77.1 Å². The molecule has 2 atom stereocenters. The first-order chi connectivity index (χ1) is 15.0. The number of benzene rings is 2. The van der Waals surface area contributed by atoms with Gasteiger partial charge in [0.15, 0.2) is 0 Å². The van der Waals surface area contributed by atoms with E-state index < -0.39 is 11.7 Å². The zero-order valence-corrected chi connectivity index (χ0v) is 18.1. The zero-order valence-electron chi connectivity index (χ0n) is 17.3. The molecule has 2 aromatic carbocycles. The molecule has 162 valence electrons. The van der Waals surface area contributed by atoms with Crippen LogP contribution in [-0.2, 0) is 10.3 Å². The summed E-state index contributed by atoms with van der Waals surface area (Å²) in [5, 5.41) is 12.2. The Morgan fingerprint density at radius 2 is 1.97 bits per heavy atom. The fourth-order valence-corrected chi connectivity index (χ4v) is 4.76. The second-order valence-corrected chi connectivity index (χ2v) is 8.67. The molecular weight excluding hydrogens is 415 g/mol. The number of amides is 1. The molecule has 0 bridgehead atoms. The second kappa shape index (κ2) is 9.16. The molecule has 0 aliphatic carbocycles. The first kappa shape index (κ1) is 21.5. The van der Waals surface area contributed by atoms with Crippen molar-refractivity contribution in [3.8, 4) is 10.6 Å². The molecule has 2 heterocycles. The standard InChI is InChI=1S/C24H25FN2O3S/c1-17(18-3-5-19(6-4-18)22-26-13-16-31-22)27-14-12-24(11-2-15-28,30-23(27)29)20-7-9-21(25)10-8-20/h3-10,13,16-17,28H,2,11-12,14-15H2,1H3/t17-,24+/m0/s1. The summed E-state index contributed by atoms with van der Waals surface area (Å²) in [5.74, 6) is -0.334. The smallest absolute Gasteiger partial charge is 0.411 e. The van der Waals surface area contributed by atoms with Crippen molar-refractivity contribution in [2.75, 3.05) is 13.2 Å². The molecule has 1 aliphatic heterocycles. The highest BCUT2D eigenvalue weighted by Gasteiger charge is 2.43. The number of cyclic esters (lactones) is 1. The predicted octanol–water partition coefficient (Wildman–Crippen LogP) is 5.52. The van der Waals surface area contributed by atoms with Crippen molar-refractivity contribution >= 4 is 17.4 Å². The maximum absolute atomic E-state index is 13.4. The van der Waals surface area contributed by atoms with Crippen LogP contribution in [0.1, 0.15) is 43.4 Å². The zero-order chi connectivity index (χ0) is 21.8. The van der Waals surface area contributed by atoms with E-state index in [1.165, 1.54) is 12.1 Å². The van der Waals surface area contributed by atoms with E-state index in [2.05, 4.69) is 4.98 Å². The number of thiazole rings is 1. The maximum atomic E-state index is 13.4. The van der Waals surface area contributed by atoms with Crippen LogP contribution < -0.4 is 0 Å². The van der Waals surface area contributed by atoms with E-state index in [4.69, 9.17) is 4.74 Å². The molecule has 5 nitrogen and oxygen atoms in total. The van der Waals surface area contributed by atoms with Gasteiger partial charge in [-0.15, -0.1) is 11.3 Å². The van der Waals surface area contributed by atoms with E-state index in [1.54, 1.807) is 34.6 Å². The topological polar surface area (TPSA) is 62.7 Å². The van der Waals surface area contributed by atoms with E-state index in [1.807, 2.05) is 36.6 Å². The van der Waals surface area contributed by atoms with E-state index >= 15 is 0 Å². The van der Waals surface area contributed by atoms with Gasteiger partial charge in [0, 0.05) is 36.7 Å². The average molecular weight is 441 g/mol. The summed E-state index contributed by atoms with van der Waals surface area (Å²) >= 11 is 1.59. The number of hydrogen-bond acceptors (Lipinski definition) is 5. The third-order valence-corrected chi connectivity index (χ3v) is 6.74. The Balaban J connectivity index is 1.51. The minimum absolute atomic E-state index is 0.00601. The number of ether oxygens (including phenoxy) is 1. The van der Waals surface area contributed by atoms with Crippen molar-refractivity contribution in [1.29, 1.82) is 0 Å². The summed E-state index contributed by atoms with van der Waals surface area (Å²) < 4.78 is 19.4. The van der Waals surface area contributed by atoms with Gasteiger partial charge in [0.1, 0.15) is 16.4 Å². The van der Waals surface area contributed by atoms with Crippen molar-refractivity contribution in [2.24, 2.45) is 0 Å². The lowest BCUT2D eigenvalue weighted by Gasteiger charge is -2.43. The second-order valence-electron chi connectivity index (χ2n) is 7.77. The van der Waals surface area contributed by atoms with Gasteiger partial charge in [-0.05, 0) is 43.0 Å². The van der Waals surface area contributed by atoms with Crippen LogP contribution in [0.3, 0.4) is 0 Å². The highest BCUT2D eigenvalue weighted by atomic mass is 32.1. The molecule has 0 spiro atoms. The summed E-state index contributed by atoms with van der Waals surface area (Å²) in [4.78, 5) is 19.1. The van der Waals surface area contributed by atoms with Crippen LogP contribution in [0.2, 0.25) is 0 Å². The Hall–Kier alpha value is -2.77. The van der Waals surface area contributed by atoms with E-state index in [0.29, 0.717) is 25.8 Å². The van der Waals surface area contributed by atoms with Gasteiger partial charge in [-0.3, -0.25) is 0 Å². The Kier molecular flexibility index (Phi) is 6.34. The van der Waals surface area contributed by atoms with Crippen LogP contribution >= 0.6 is 11.3 Å². The van der Waals surface area contributed by atoms with Gasteiger partial charge >= 0.3 is 6.09 Å². The van der Waals surface area contributed by atoms with E-state index in [0.717, 1.165) is 21.7 Å². The summed E-state index contributed by atoms with van der Waals surface area (Å²) in [6, 6.07) is 14.0. The molecule has 1 amide bonds. The summed E-state index contributed by atoms with van der Waals surface area (Å²) in [7, 11) is 0. The molecule has 3 aromatic rings. The number of aromatic nitrogens is 1. The molecule has 0 unspecified atom stereocenters. The molecular formula is C24H25FN2O3S. The van der Waals surface area contributed by atoms with Gasteiger partial charge < -0.3 is 14.7 Å². The molecule has 1 saturated heterocycles. The van der Waals surface area contributed by atoms with Gasteiger partial charge in [-0.1, -0.05) is 36.4 Å². The number of nitrogens with zero attached hydrogens (tertiary/aromatic N) is 2. The first-order valence-electron chi connectivity index (χ1n) is 10.4. The summed E-state index contributed by atoms with van der Waals surface area (Å²) in [6.07, 6.45) is 2.95. The van der Waals surface area contributed by atoms with Crippen molar-refractivity contribution in [2.45, 2.75) is 37.8 Å². The number of aliphatic hydroxyl groups is 1. The molecule has 0 radical (unpaired) electrons. The molecule has 1 fully saturated rings. The van der Waals surface area contributed by atoms with Gasteiger partial charge in [0.05, 0.1) is 6.04 Å². The molecule has 1 aromatic heterocycles. The van der Waals surface area contributed by atoms with Crippen molar-refractivity contribution in [1.82, 2.24) is 9.88 Å². The van der Waals surface area contributed by atoms with Crippen molar-refractivity contribution in [3.63, 3.8) is 0 Å². The van der Waals surface area contributed by atoms with Crippen LogP contribution in [-0.4, -0.2) is 34.2 Å². The van der Waals surface area contributed by atoms with Crippen molar-refractivity contribution < 1.29 is 19.0 Å². The third-order valence-electron chi connectivity index (χ3n) is 5.92. The minimum Gasteiger partial charge on any atom is -0.438 e. The SMILES string of the molecule is C[C@@H](c1ccc(-c2nccs2)cc1)N1CC[C@](CCCO)(c2ccc(F)cc2)OC1=O. The number of hydrogen-bond donors (Lipinski definition) is 1. The largest absolute Gasteiger partial charge is 0.438 e. The Morgan fingerprint density at radius 3 is 2.58 bits per heavy atom. The molecule has 1 N–H and O–H groups in total. The van der Waals surface area contributed by atoms with Crippen LogP contribution in [0, 0.1) is 5.82 Å². The average Bonchev–Trinajstić information content (AvgIpc) is 3.33. The number of carbonyl (C=O) groups is 1. The monoisotopic (exact) mass is 440 g/mol. The molecule has 31 heavy (non-hydrogen) atoms. The minimum atomic E-state index is -0.849. The highest BCUT2D eigenvalue weighted by Crippen LogP contribution is 2.40. The molecule has 1 aliphatic rings. The Bertz CT molecular complexity index is 1010. The fourth-order valence-electron chi connectivity index (χ4n) is 4.11. The Morgan fingerprint density at radius 1 is 1.23 bits per heavy atom. The van der Waals surface area contributed by atoms with Crippen LogP contribution in [0.4, 0.5) is 9.18 Å². The summed E-state index contributed by atoms with van der Waals surface area (Å²) in [6.45, 7) is 2.50. The first-order valence-corrected chi connectivity index (χ1v) is 11.3. The fraction of sp³-hybridized carbons (Fsp3) is 0.333. The van der Waals surface area contributed by atoms with Crippen LogP contribution in [0.15, 0.2) is 60.1 Å². The number of halogens is 1. The number of aliphatic hydroxyl groups excluding tert-OH is 1. The van der Waals surface area contributed by atoms with Crippen LogP contribution in [0.5, 0.6) is 0 Å². The van der Waals surface area contributed by atoms with Gasteiger partial charge in [0.2, 0.25) is 0 Å². The lowest BCUT2D eigenvalue weighted by molar-refractivity contribution is -0.0680. The Labute approximate surface area is 185 Å².